The van der Waals surface area contributed by atoms with Gasteiger partial charge in [0.05, 0.1) is 12.3 Å². The van der Waals surface area contributed by atoms with Gasteiger partial charge in [0.2, 0.25) is 5.91 Å². The first kappa shape index (κ1) is 18.2. The third kappa shape index (κ3) is 3.47. The predicted molar refractivity (Wildman–Crippen MR) is 106 cm³/mol. The van der Waals surface area contributed by atoms with E-state index in [-0.39, 0.29) is 11.8 Å². The molecule has 1 amide bonds. The van der Waals surface area contributed by atoms with Crippen LogP contribution in [-0.2, 0) is 4.79 Å². The van der Waals surface area contributed by atoms with Crippen LogP contribution in [0.15, 0.2) is 42.7 Å². The second-order valence-corrected chi connectivity index (χ2v) is 7.39. The Kier molecular flexibility index (Phi) is 4.81. The van der Waals surface area contributed by atoms with Crippen molar-refractivity contribution in [2.24, 2.45) is 5.92 Å². The number of hydrogen-bond acceptors (Lipinski definition) is 5. The van der Waals surface area contributed by atoms with E-state index >= 15 is 0 Å². The van der Waals surface area contributed by atoms with Crippen LogP contribution in [0.3, 0.4) is 0 Å². The molecule has 1 aromatic carbocycles. The van der Waals surface area contributed by atoms with E-state index in [1.807, 2.05) is 31.2 Å². The highest BCUT2D eigenvalue weighted by molar-refractivity contribution is 5.95. The van der Waals surface area contributed by atoms with E-state index in [2.05, 4.69) is 34.2 Å². The van der Waals surface area contributed by atoms with Gasteiger partial charge in [-0.15, -0.1) is 0 Å². The number of carbonyl (C=O) groups excluding carboxylic acids is 1. The number of ether oxygens (including phenoxy) is 1. The van der Waals surface area contributed by atoms with Crippen molar-refractivity contribution in [3.63, 3.8) is 0 Å². The van der Waals surface area contributed by atoms with Crippen LogP contribution in [0.5, 0.6) is 5.75 Å². The minimum atomic E-state index is -0.0937. The Morgan fingerprint density at radius 1 is 1.25 bits per heavy atom. The van der Waals surface area contributed by atoms with Gasteiger partial charge >= 0.3 is 0 Å². The molecule has 0 fully saturated rings. The van der Waals surface area contributed by atoms with Crippen molar-refractivity contribution in [3.05, 3.63) is 59.5 Å². The number of nitrogens with one attached hydrogen (secondary N) is 1. The maximum absolute atomic E-state index is 12.5. The van der Waals surface area contributed by atoms with Crippen molar-refractivity contribution >= 4 is 11.7 Å². The van der Waals surface area contributed by atoms with Crippen molar-refractivity contribution in [1.29, 1.82) is 0 Å². The second kappa shape index (κ2) is 7.42. The molecule has 0 spiro atoms. The molecular formula is C21H23N5O2. The molecule has 3 heterocycles. The van der Waals surface area contributed by atoms with Crippen LogP contribution in [-0.4, -0.2) is 32.3 Å². The van der Waals surface area contributed by atoms with Crippen LogP contribution < -0.4 is 10.1 Å². The maximum atomic E-state index is 12.5. The highest BCUT2D eigenvalue weighted by atomic mass is 16.5. The number of benzene rings is 1. The topological polar surface area (TPSA) is 81.9 Å². The van der Waals surface area contributed by atoms with E-state index in [1.165, 1.54) is 0 Å². The Labute approximate surface area is 163 Å². The molecule has 1 aliphatic rings. The standard InChI is InChI=1S/C21H23N5O2/c1-13(2)12-28-16-7-4-6-15(10-16)17-11-18(27)24-20-19(17)14(3)25-26(20)21-22-8-5-9-23-21/h4-10,13,17H,11-12H2,1-3H3,(H,24,27). The summed E-state index contributed by atoms with van der Waals surface area (Å²) in [5.74, 6) is 2.18. The zero-order valence-electron chi connectivity index (χ0n) is 16.2. The molecule has 1 N–H and O–H groups in total. The molecule has 7 heteroatoms. The van der Waals surface area contributed by atoms with Gasteiger partial charge in [0.25, 0.3) is 5.95 Å². The van der Waals surface area contributed by atoms with Gasteiger partial charge in [-0.1, -0.05) is 26.0 Å². The minimum Gasteiger partial charge on any atom is -0.493 e. The highest BCUT2D eigenvalue weighted by Crippen LogP contribution is 2.40. The summed E-state index contributed by atoms with van der Waals surface area (Å²) in [4.78, 5) is 21.0. The number of hydrogen-bond donors (Lipinski definition) is 1. The molecule has 0 bridgehead atoms. The molecule has 0 saturated heterocycles. The van der Waals surface area contributed by atoms with Crippen LogP contribution in [0.4, 0.5) is 5.82 Å². The van der Waals surface area contributed by atoms with Crippen LogP contribution >= 0.6 is 0 Å². The van der Waals surface area contributed by atoms with Gasteiger partial charge in [-0.3, -0.25) is 4.79 Å². The Morgan fingerprint density at radius 3 is 2.79 bits per heavy atom. The molecule has 0 aliphatic carbocycles. The fraction of sp³-hybridized carbons (Fsp3) is 0.333. The largest absolute Gasteiger partial charge is 0.493 e. The Balaban J connectivity index is 1.75. The molecule has 0 radical (unpaired) electrons. The number of nitrogens with zero attached hydrogens (tertiary/aromatic N) is 4. The van der Waals surface area contributed by atoms with Crippen molar-refractivity contribution in [1.82, 2.24) is 19.7 Å². The molecule has 7 nitrogen and oxygen atoms in total. The summed E-state index contributed by atoms with van der Waals surface area (Å²) in [5.41, 5.74) is 2.88. The number of carbonyl (C=O) groups is 1. The van der Waals surface area contributed by atoms with E-state index in [0.717, 1.165) is 22.6 Å². The summed E-state index contributed by atoms with van der Waals surface area (Å²) in [7, 11) is 0. The predicted octanol–water partition coefficient (Wildman–Crippen LogP) is 3.48. The van der Waals surface area contributed by atoms with E-state index in [9.17, 15) is 4.79 Å². The molecule has 3 aromatic rings. The Hall–Kier alpha value is -3.22. The third-order valence-electron chi connectivity index (χ3n) is 4.69. The second-order valence-electron chi connectivity index (χ2n) is 7.39. The van der Waals surface area contributed by atoms with Crippen molar-refractivity contribution in [2.45, 2.75) is 33.1 Å². The monoisotopic (exact) mass is 377 g/mol. The Morgan fingerprint density at radius 2 is 2.04 bits per heavy atom. The van der Waals surface area contributed by atoms with Gasteiger partial charge in [-0.05, 0) is 36.6 Å². The van der Waals surface area contributed by atoms with Crippen molar-refractivity contribution in [2.75, 3.05) is 11.9 Å². The molecule has 144 valence electrons. The summed E-state index contributed by atoms with van der Waals surface area (Å²) in [6, 6.07) is 9.72. The Bertz CT molecular complexity index is 997. The van der Waals surface area contributed by atoms with Gasteiger partial charge in [-0.25, -0.2) is 9.97 Å². The van der Waals surface area contributed by atoms with Gasteiger partial charge in [0.15, 0.2) is 0 Å². The van der Waals surface area contributed by atoms with E-state index < -0.39 is 0 Å². The zero-order chi connectivity index (χ0) is 19.7. The SMILES string of the molecule is Cc1nn(-c2ncccn2)c2c1C(c1cccc(OCC(C)C)c1)CC(=O)N2. The van der Waals surface area contributed by atoms with Crippen molar-refractivity contribution < 1.29 is 9.53 Å². The lowest BCUT2D eigenvalue weighted by molar-refractivity contribution is -0.116. The minimum absolute atomic E-state index is 0.0527. The molecule has 0 saturated carbocycles. The third-order valence-corrected chi connectivity index (χ3v) is 4.69. The average Bonchev–Trinajstić information content (AvgIpc) is 3.03. The number of anilines is 1. The first-order valence-corrected chi connectivity index (χ1v) is 9.42. The molecular weight excluding hydrogens is 354 g/mol. The smallest absolute Gasteiger partial charge is 0.252 e. The summed E-state index contributed by atoms with van der Waals surface area (Å²) in [5, 5.41) is 7.55. The molecule has 28 heavy (non-hydrogen) atoms. The van der Waals surface area contributed by atoms with Crippen LogP contribution in [0.2, 0.25) is 0 Å². The lowest BCUT2D eigenvalue weighted by Gasteiger charge is -2.24. The first-order valence-electron chi connectivity index (χ1n) is 9.42. The number of rotatable bonds is 5. The van der Waals surface area contributed by atoms with E-state index in [1.54, 1.807) is 23.1 Å². The number of aromatic nitrogens is 4. The van der Waals surface area contributed by atoms with Gasteiger partial charge < -0.3 is 10.1 Å². The number of aryl methyl sites for hydroxylation is 1. The fourth-order valence-corrected chi connectivity index (χ4v) is 3.46. The first-order chi connectivity index (χ1) is 13.5. The van der Waals surface area contributed by atoms with Crippen molar-refractivity contribution in [3.8, 4) is 11.7 Å². The van der Waals surface area contributed by atoms with Gasteiger partial charge in [0, 0.05) is 30.3 Å². The summed E-state index contributed by atoms with van der Waals surface area (Å²) in [6.45, 7) is 6.83. The van der Waals surface area contributed by atoms with Crippen LogP contribution in [0.1, 0.15) is 43.0 Å². The normalized spacial score (nSPS) is 16.0. The highest BCUT2D eigenvalue weighted by Gasteiger charge is 2.33. The fourth-order valence-electron chi connectivity index (χ4n) is 3.46. The van der Waals surface area contributed by atoms with Gasteiger partial charge in [0.1, 0.15) is 11.6 Å². The number of fused-ring (bicyclic) bond motifs is 1. The van der Waals surface area contributed by atoms with E-state index in [4.69, 9.17) is 4.74 Å². The van der Waals surface area contributed by atoms with E-state index in [0.29, 0.717) is 30.7 Å². The van der Waals surface area contributed by atoms with Gasteiger partial charge in [-0.2, -0.15) is 9.78 Å². The molecule has 1 aliphatic heterocycles. The summed E-state index contributed by atoms with van der Waals surface area (Å²) in [6.07, 6.45) is 3.68. The van der Waals surface area contributed by atoms with Crippen LogP contribution in [0.25, 0.3) is 5.95 Å². The average molecular weight is 377 g/mol. The molecule has 2 aromatic heterocycles. The summed E-state index contributed by atoms with van der Waals surface area (Å²) >= 11 is 0. The zero-order valence-corrected chi connectivity index (χ0v) is 16.2. The molecule has 1 atom stereocenters. The number of amides is 1. The van der Waals surface area contributed by atoms with Crippen LogP contribution in [0, 0.1) is 12.8 Å². The molecule has 4 rings (SSSR count). The quantitative estimate of drug-likeness (QED) is 0.736. The lowest BCUT2D eigenvalue weighted by Crippen LogP contribution is -2.25. The summed E-state index contributed by atoms with van der Waals surface area (Å²) < 4.78 is 7.48. The molecule has 1 unspecified atom stereocenters. The lowest BCUT2D eigenvalue weighted by atomic mass is 9.86. The maximum Gasteiger partial charge on any atom is 0.252 e.